The first-order valence-corrected chi connectivity index (χ1v) is 5.39. The molecular weight excluding hydrogens is 214 g/mol. The number of aromatic nitrogens is 1. The number of rotatable bonds is 3. The number of carbonyl (C=O) groups excluding carboxylic acids is 1. The largest absolute Gasteiger partial charge is 0.467 e. The molecule has 0 aliphatic heterocycles. The number of nitrogens with zero attached hydrogens (tertiary/aromatic N) is 1. The highest BCUT2D eigenvalue weighted by atomic mass is 35.5. The van der Waals surface area contributed by atoms with Gasteiger partial charge in [-0.15, -0.1) is 0 Å². The number of halogens is 1. The number of hydrogen-bond acceptors (Lipinski definition) is 3. The van der Waals surface area contributed by atoms with Gasteiger partial charge in [0.1, 0.15) is 5.15 Å². The Bertz CT molecular complexity index is 368. The zero-order valence-corrected chi connectivity index (χ0v) is 9.04. The Morgan fingerprint density at radius 2 is 2.53 bits per heavy atom. The van der Waals surface area contributed by atoms with Crippen LogP contribution in [-0.2, 0) is 16.0 Å². The van der Waals surface area contributed by atoms with E-state index in [2.05, 4.69) is 4.98 Å². The van der Waals surface area contributed by atoms with Crippen LogP contribution >= 0.6 is 11.6 Å². The molecule has 1 aromatic rings. The lowest BCUT2D eigenvalue weighted by atomic mass is 9.84. The van der Waals surface area contributed by atoms with Crippen LogP contribution in [0, 0.1) is 0 Å². The molecule has 1 heterocycles. The van der Waals surface area contributed by atoms with Crippen LogP contribution in [-0.4, -0.2) is 18.1 Å². The maximum Gasteiger partial charge on any atom is 0.293 e. The Morgan fingerprint density at radius 3 is 3.33 bits per heavy atom. The van der Waals surface area contributed by atoms with E-state index in [1.165, 1.54) is 5.56 Å². The number of fused-ring (bicyclic) bond motifs is 1. The molecule has 0 saturated carbocycles. The fourth-order valence-electron chi connectivity index (χ4n) is 2.12. The van der Waals surface area contributed by atoms with Gasteiger partial charge in [0.25, 0.3) is 6.47 Å². The lowest BCUT2D eigenvalue weighted by molar-refractivity contribution is -0.129. The first kappa shape index (κ1) is 10.4. The fraction of sp³-hybridized carbons (Fsp3) is 0.455. The molecule has 1 atom stereocenters. The van der Waals surface area contributed by atoms with Gasteiger partial charge in [-0.25, -0.2) is 4.98 Å². The second-order valence-corrected chi connectivity index (χ2v) is 4.05. The van der Waals surface area contributed by atoms with Crippen LogP contribution in [0.25, 0.3) is 0 Å². The molecule has 3 nitrogen and oxygen atoms in total. The summed E-state index contributed by atoms with van der Waals surface area (Å²) in [6, 6.07) is 1.97. The Balaban J connectivity index is 2.26. The van der Waals surface area contributed by atoms with Gasteiger partial charge in [-0.3, -0.25) is 4.79 Å². The van der Waals surface area contributed by atoms with Crippen molar-refractivity contribution >= 4 is 18.1 Å². The van der Waals surface area contributed by atoms with Gasteiger partial charge in [-0.05, 0) is 36.5 Å². The molecule has 0 spiro atoms. The molecular formula is C11H12ClNO2. The van der Waals surface area contributed by atoms with Crippen molar-refractivity contribution in [2.75, 3.05) is 6.61 Å². The van der Waals surface area contributed by atoms with E-state index in [9.17, 15) is 4.79 Å². The minimum absolute atomic E-state index is 0.277. The average molecular weight is 226 g/mol. The van der Waals surface area contributed by atoms with Crippen LogP contribution in [0.1, 0.15) is 29.9 Å². The number of pyridine rings is 1. The lowest BCUT2D eigenvalue weighted by Gasteiger charge is -2.24. The van der Waals surface area contributed by atoms with Crippen LogP contribution in [0.5, 0.6) is 0 Å². The van der Waals surface area contributed by atoms with E-state index in [4.69, 9.17) is 16.3 Å². The monoisotopic (exact) mass is 225 g/mol. The maximum absolute atomic E-state index is 10.2. The van der Waals surface area contributed by atoms with Crippen LogP contribution in [0.3, 0.4) is 0 Å². The zero-order chi connectivity index (χ0) is 10.7. The summed E-state index contributed by atoms with van der Waals surface area (Å²) in [5.41, 5.74) is 2.30. The molecule has 1 aromatic heterocycles. The summed E-state index contributed by atoms with van der Waals surface area (Å²) in [7, 11) is 0. The van der Waals surface area contributed by atoms with Gasteiger partial charge in [-0.2, -0.15) is 0 Å². The van der Waals surface area contributed by atoms with E-state index in [1.807, 2.05) is 6.07 Å². The number of ether oxygens (including phenoxy) is 1. The van der Waals surface area contributed by atoms with Crippen LogP contribution in [0.4, 0.5) is 0 Å². The zero-order valence-electron chi connectivity index (χ0n) is 8.28. The molecule has 0 fully saturated rings. The third kappa shape index (κ3) is 2.12. The van der Waals surface area contributed by atoms with Crippen molar-refractivity contribution in [3.63, 3.8) is 0 Å². The van der Waals surface area contributed by atoms with Gasteiger partial charge in [0, 0.05) is 12.1 Å². The summed E-state index contributed by atoms with van der Waals surface area (Å²) < 4.78 is 4.83. The van der Waals surface area contributed by atoms with Gasteiger partial charge in [-0.1, -0.05) is 11.6 Å². The molecule has 0 radical (unpaired) electrons. The summed E-state index contributed by atoms with van der Waals surface area (Å²) in [6.45, 7) is 0.938. The predicted octanol–water partition coefficient (Wildman–Crippen LogP) is 2.33. The predicted molar refractivity (Wildman–Crippen MR) is 56.9 cm³/mol. The quantitative estimate of drug-likeness (QED) is 0.586. The highest BCUT2D eigenvalue weighted by molar-refractivity contribution is 6.30. The fourth-order valence-corrected chi connectivity index (χ4v) is 2.38. The minimum atomic E-state index is 0.277. The smallest absolute Gasteiger partial charge is 0.293 e. The van der Waals surface area contributed by atoms with Gasteiger partial charge >= 0.3 is 0 Å². The molecule has 0 amide bonds. The Morgan fingerprint density at radius 1 is 1.67 bits per heavy atom. The first-order valence-electron chi connectivity index (χ1n) is 5.01. The molecule has 15 heavy (non-hydrogen) atoms. The van der Waals surface area contributed by atoms with E-state index < -0.39 is 0 Å². The molecule has 0 N–H and O–H groups in total. The third-order valence-corrected chi connectivity index (χ3v) is 3.15. The topological polar surface area (TPSA) is 39.2 Å². The van der Waals surface area contributed by atoms with E-state index >= 15 is 0 Å². The van der Waals surface area contributed by atoms with Crippen molar-refractivity contribution < 1.29 is 9.53 Å². The van der Waals surface area contributed by atoms with Crippen LogP contribution < -0.4 is 0 Å². The molecule has 1 aliphatic carbocycles. The van der Waals surface area contributed by atoms with E-state index in [1.54, 1.807) is 6.20 Å². The van der Waals surface area contributed by atoms with Crippen molar-refractivity contribution in [3.05, 3.63) is 28.5 Å². The lowest BCUT2D eigenvalue weighted by Crippen LogP contribution is -2.15. The molecule has 0 saturated heterocycles. The summed E-state index contributed by atoms with van der Waals surface area (Å²) in [4.78, 5) is 14.2. The highest BCUT2D eigenvalue weighted by Crippen LogP contribution is 2.34. The Kier molecular flexibility index (Phi) is 3.21. The minimum Gasteiger partial charge on any atom is -0.467 e. The third-order valence-electron chi connectivity index (χ3n) is 2.82. The van der Waals surface area contributed by atoms with Crippen molar-refractivity contribution in [3.8, 4) is 0 Å². The van der Waals surface area contributed by atoms with E-state index in [-0.39, 0.29) is 5.92 Å². The van der Waals surface area contributed by atoms with Crippen LogP contribution in [0.2, 0.25) is 5.15 Å². The first-order chi connectivity index (χ1) is 7.33. The van der Waals surface area contributed by atoms with Crippen LogP contribution in [0.15, 0.2) is 12.3 Å². The van der Waals surface area contributed by atoms with E-state index in [0.717, 1.165) is 24.8 Å². The van der Waals surface area contributed by atoms with Gasteiger partial charge < -0.3 is 4.74 Å². The molecule has 1 aliphatic rings. The second-order valence-electron chi connectivity index (χ2n) is 3.69. The van der Waals surface area contributed by atoms with Gasteiger partial charge in [0.2, 0.25) is 0 Å². The molecule has 80 valence electrons. The SMILES string of the molecule is O=COC[C@@H]1CCCc2c1ccnc2Cl. The highest BCUT2D eigenvalue weighted by Gasteiger charge is 2.22. The van der Waals surface area contributed by atoms with Crippen molar-refractivity contribution in [2.24, 2.45) is 0 Å². The number of hydrogen-bond donors (Lipinski definition) is 0. The average Bonchev–Trinajstić information content (AvgIpc) is 2.27. The standard InChI is InChI=1S/C11H12ClNO2/c12-11-10-3-1-2-8(6-15-7-14)9(10)4-5-13-11/h4-5,7-8H,1-3,6H2/t8-/m0/s1. The normalized spacial score (nSPS) is 19.4. The van der Waals surface area contributed by atoms with E-state index in [0.29, 0.717) is 18.2 Å². The van der Waals surface area contributed by atoms with Gasteiger partial charge in [0.05, 0.1) is 6.61 Å². The molecule has 0 bridgehead atoms. The molecule has 2 rings (SSSR count). The summed E-state index contributed by atoms with van der Waals surface area (Å²) in [5.74, 6) is 0.277. The van der Waals surface area contributed by atoms with Crippen molar-refractivity contribution in [2.45, 2.75) is 25.2 Å². The number of carbonyl (C=O) groups is 1. The van der Waals surface area contributed by atoms with Gasteiger partial charge in [0.15, 0.2) is 0 Å². The Hall–Kier alpha value is -1.09. The Labute approximate surface area is 93.4 Å². The second kappa shape index (κ2) is 4.62. The molecule has 0 unspecified atom stereocenters. The molecule has 4 heteroatoms. The van der Waals surface area contributed by atoms with Crippen molar-refractivity contribution in [1.29, 1.82) is 0 Å². The molecule has 0 aromatic carbocycles. The summed E-state index contributed by atoms with van der Waals surface area (Å²) in [5, 5.41) is 0.586. The summed E-state index contributed by atoms with van der Waals surface area (Å²) >= 11 is 6.02. The maximum atomic E-state index is 10.2. The van der Waals surface area contributed by atoms with Crippen molar-refractivity contribution in [1.82, 2.24) is 4.98 Å². The summed E-state index contributed by atoms with van der Waals surface area (Å²) in [6.07, 6.45) is 4.80.